The Hall–Kier alpha value is -1.62. The van der Waals surface area contributed by atoms with E-state index in [4.69, 9.17) is 4.74 Å². The average molecular weight is 280 g/mol. The van der Waals surface area contributed by atoms with Crippen molar-refractivity contribution in [1.82, 2.24) is 5.32 Å². The fraction of sp³-hybridized carbons (Fsp3) is 0.533. The highest BCUT2D eigenvalue weighted by Crippen LogP contribution is 2.26. The molecule has 5 heteroatoms. The van der Waals surface area contributed by atoms with Gasteiger partial charge in [0.15, 0.2) is 0 Å². The molecular weight excluding hydrogens is 259 g/mol. The van der Waals surface area contributed by atoms with Crippen molar-refractivity contribution in [3.63, 3.8) is 0 Å². The SMILES string of the molecule is CC(C)(C)OC(=O)Nc1ccc(C2CCNC2)c(F)c1. The zero-order valence-corrected chi connectivity index (χ0v) is 12.1. The number of hydrogen-bond donors (Lipinski definition) is 2. The predicted octanol–water partition coefficient (Wildman–Crippen LogP) is 3.25. The van der Waals surface area contributed by atoms with Crippen LogP contribution in [0.3, 0.4) is 0 Å². The summed E-state index contributed by atoms with van der Waals surface area (Å²) in [6.45, 7) is 7.06. The molecule has 1 atom stereocenters. The van der Waals surface area contributed by atoms with Crippen LogP contribution in [-0.2, 0) is 4.74 Å². The summed E-state index contributed by atoms with van der Waals surface area (Å²) in [4.78, 5) is 11.6. The Balaban J connectivity index is 2.03. The third-order valence-electron chi connectivity index (χ3n) is 3.15. The summed E-state index contributed by atoms with van der Waals surface area (Å²) in [5, 5.41) is 5.75. The summed E-state index contributed by atoms with van der Waals surface area (Å²) in [6, 6.07) is 4.79. The van der Waals surface area contributed by atoms with Crippen LogP contribution in [-0.4, -0.2) is 24.8 Å². The van der Waals surface area contributed by atoms with Crippen LogP contribution < -0.4 is 10.6 Å². The second-order valence-electron chi connectivity index (χ2n) is 6.05. The van der Waals surface area contributed by atoms with Crippen molar-refractivity contribution in [2.45, 2.75) is 38.7 Å². The van der Waals surface area contributed by atoms with Crippen LogP contribution in [0.5, 0.6) is 0 Å². The highest BCUT2D eigenvalue weighted by Gasteiger charge is 2.21. The van der Waals surface area contributed by atoms with E-state index in [1.54, 1.807) is 32.9 Å². The topological polar surface area (TPSA) is 50.4 Å². The van der Waals surface area contributed by atoms with Crippen LogP contribution in [0.4, 0.5) is 14.9 Å². The molecule has 4 nitrogen and oxygen atoms in total. The van der Waals surface area contributed by atoms with Crippen molar-refractivity contribution in [3.8, 4) is 0 Å². The molecule has 1 aliphatic rings. The van der Waals surface area contributed by atoms with E-state index in [2.05, 4.69) is 10.6 Å². The van der Waals surface area contributed by atoms with E-state index in [-0.39, 0.29) is 11.7 Å². The number of amides is 1. The Labute approximate surface area is 118 Å². The number of hydrogen-bond acceptors (Lipinski definition) is 3. The number of rotatable bonds is 2. The van der Waals surface area contributed by atoms with Gasteiger partial charge in [-0.1, -0.05) is 6.07 Å². The zero-order chi connectivity index (χ0) is 14.8. The summed E-state index contributed by atoms with van der Waals surface area (Å²) in [7, 11) is 0. The Kier molecular flexibility index (Phi) is 4.28. The van der Waals surface area contributed by atoms with Crippen molar-refractivity contribution in [3.05, 3.63) is 29.6 Å². The lowest BCUT2D eigenvalue weighted by atomic mass is 9.97. The minimum absolute atomic E-state index is 0.213. The van der Waals surface area contributed by atoms with E-state index < -0.39 is 11.7 Å². The first-order valence-corrected chi connectivity index (χ1v) is 6.85. The summed E-state index contributed by atoms with van der Waals surface area (Å²) in [6.07, 6.45) is 0.364. The Morgan fingerprint density at radius 3 is 2.75 bits per heavy atom. The molecule has 1 aromatic carbocycles. The fourth-order valence-electron chi connectivity index (χ4n) is 2.28. The number of anilines is 1. The lowest BCUT2D eigenvalue weighted by molar-refractivity contribution is 0.0636. The van der Waals surface area contributed by atoms with Crippen molar-refractivity contribution >= 4 is 11.8 Å². The molecule has 1 aromatic rings. The maximum Gasteiger partial charge on any atom is 0.412 e. The van der Waals surface area contributed by atoms with Crippen LogP contribution in [0.2, 0.25) is 0 Å². The van der Waals surface area contributed by atoms with Gasteiger partial charge < -0.3 is 10.1 Å². The summed E-state index contributed by atoms with van der Waals surface area (Å²) < 4.78 is 19.2. The van der Waals surface area contributed by atoms with E-state index >= 15 is 0 Å². The number of carbonyl (C=O) groups is 1. The molecule has 1 unspecified atom stereocenters. The summed E-state index contributed by atoms with van der Waals surface area (Å²) in [5.41, 5.74) is 0.536. The molecule has 0 spiro atoms. The van der Waals surface area contributed by atoms with Gasteiger partial charge in [-0.25, -0.2) is 9.18 Å². The van der Waals surface area contributed by atoms with Gasteiger partial charge in [0.05, 0.1) is 0 Å². The minimum atomic E-state index is -0.577. The van der Waals surface area contributed by atoms with E-state index in [9.17, 15) is 9.18 Å². The molecule has 2 N–H and O–H groups in total. The van der Waals surface area contributed by atoms with Crippen molar-refractivity contribution < 1.29 is 13.9 Å². The van der Waals surface area contributed by atoms with Gasteiger partial charge in [-0.05, 0) is 51.4 Å². The van der Waals surface area contributed by atoms with E-state index in [0.717, 1.165) is 19.5 Å². The molecule has 1 heterocycles. The quantitative estimate of drug-likeness (QED) is 0.874. The fourth-order valence-corrected chi connectivity index (χ4v) is 2.28. The first-order valence-electron chi connectivity index (χ1n) is 6.85. The molecular formula is C15H21FN2O2. The van der Waals surface area contributed by atoms with E-state index in [1.807, 2.05) is 0 Å². The molecule has 0 aromatic heterocycles. The van der Waals surface area contributed by atoms with Gasteiger partial charge in [0.25, 0.3) is 0 Å². The molecule has 1 fully saturated rings. The van der Waals surface area contributed by atoms with Gasteiger partial charge in [-0.2, -0.15) is 0 Å². The number of benzene rings is 1. The second kappa shape index (κ2) is 5.79. The second-order valence-corrected chi connectivity index (χ2v) is 6.05. The van der Waals surface area contributed by atoms with Crippen molar-refractivity contribution in [2.75, 3.05) is 18.4 Å². The monoisotopic (exact) mass is 280 g/mol. The van der Waals surface area contributed by atoms with Crippen molar-refractivity contribution in [2.24, 2.45) is 0 Å². The van der Waals surface area contributed by atoms with Crippen LogP contribution in [0.25, 0.3) is 0 Å². The molecule has 0 radical (unpaired) electrons. The lowest BCUT2D eigenvalue weighted by Crippen LogP contribution is -2.27. The third-order valence-corrected chi connectivity index (χ3v) is 3.15. The number of nitrogens with one attached hydrogen (secondary N) is 2. The predicted molar refractivity (Wildman–Crippen MR) is 76.5 cm³/mol. The van der Waals surface area contributed by atoms with Crippen LogP contribution in [0.15, 0.2) is 18.2 Å². The Bertz CT molecular complexity index is 491. The molecule has 0 bridgehead atoms. The van der Waals surface area contributed by atoms with Gasteiger partial charge in [-0.15, -0.1) is 0 Å². The molecule has 20 heavy (non-hydrogen) atoms. The minimum Gasteiger partial charge on any atom is -0.444 e. The normalized spacial score (nSPS) is 18.9. The van der Waals surface area contributed by atoms with Gasteiger partial charge in [0.2, 0.25) is 0 Å². The Morgan fingerprint density at radius 1 is 1.45 bits per heavy atom. The maximum absolute atomic E-state index is 14.1. The van der Waals surface area contributed by atoms with Gasteiger partial charge in [-0.3, -0.25) is 5.32 Å². The third kappa shape index (κ3) is 3.93. The smallest absolute Gasteiger partial charge is 0.412 e. The molecule has 1 saturated heterocycles. The molecule has 0 aliphatic carbocycles. The van der Waals surface area contributed by atoms with Crippen LogP contribution in [0, 0.1) is 5.82 Å². The lowest BCUT2D eigenvalue weighted by Gasteiger charge is -2.20. The molecule has 2 rings (SSSR count). The first kappa shape index (κ1) is 14.8. The standard InChI is InChI=1S/C15H21FN2O2/c1-15(2,3)20-14(19)18-11-4-5-12(13(16)8-11)10-6-7-17-9-10/h4-5,8,10,17H,6-7,9H2,1-3H3,(H,18,19). The molecule has 110 valence electrons. The number of halogens is 1. The number of carbonyl (C=O) groups excluding carboxylic acids is 1. The van der Waals surface area contributed by atoms with E-state index in [0.29, 0.717) is 11.3 Å². The molecule has 1 aliphatic heterocycles. The van der Waals surface area contributed by atoms with Crippen LogP contribution >= 0.6 is 0 Å². The summed E-state index contributed by atoms with van der Waals surface area (Å²) >= 11 is 0. The largest absolute Gasteiger partial charge is 0.444 e. The molecule has 0 saturated carbocycles. The number of ether oxygens (including phenoxy) is 1. The van der Waals surface area contributed by atoms with Crippen LogP contribution in [0.1, 0.15) is 38.7 Å². The summed E-state index contributed by atoms with van der Waals surface area (Å²) in [5.74, 6) is -0.0714. The van der Waals surface area contributed by atoms with Crippen molar-refractivity contribution in [1.29, 1.82) is 0 Å². The van der Waals surface area contributed by atoms with Gasteiger partial charge >= 0.3 is 6.09 Å². The first-order chi connectivity index (χ1) is 9.35. The Morgan fingerprint density at radius 2 is 2.20 bits per heavy atom. The highest BCUT2D eigenvalue weighted by molar-refractivity contribution is 5.84. The van der Waals surface area contributed by atoms with Gasteiger partial charge in [0.1, 0.15) is 11.4 Å². The highest BCUT2D eigenvalue weighted by atomic mass is 19.1. The average Bonchev–Trinajstić information content (AvgIpc) is 2.79. The van der Waals surface area contributed by atoms with Gasteiger partial charge in [0, 0.05) is 18.2 Å². The zero-order valence-electron chi connectivity index (χ0n) is 12.1. The van der Waals surface area contributed by atoms with E-state index in [1.165, 1.54) is 6.07 Å². The maximum atomic E-state index is 14.1. The molecule has 1 amide bonds.